The highest BCUT2D eigenvalue weighted by Crippen LogP contribution is 2.31. The summed E-state index contributed by atoms with van der Waals surface area (Å²) in [6.07, 6.45) is 4.02. The quantitative estimate of drug-likeness (QED) is 0.570. The van der Waals surface area contributed by atoms with Crippen LogP contribution in [0.25, 0.3) is 0 Å². The van der Waals surface area contributed by atoms with E-state index in [1.165, 1.54) is 6.08 Å². The minimum atomic E-state index is -0.0764. The predicted octanol–water partition coefficient (Wildman–Crippen LogP) is 3.64. The van der Waals surface area contributed by atoms with Gasteiger partial charge in [0, 0.05) is 11.0 Å². The van der Waals surface area contributed by atoms with Gasteiger partial charge in [0.25, 0.3) is 0 Å². The van der Waals surface area contributed by atoms with E-state index >= 15 is 0 Å². The Morgan fingerprint density at radius 3 is 2.73 bits per heavy atom. The number of allylic oxidation sites excluding steroid dienone is 4. The van der Waals surface area contributed by atoms with Crippen LogP contribution >= 0.6 is 11.6 Å². The average molecular weight is 175 g/mol. The van der Waals surface area contributed by atoms with Crippen molar-refractivity contribution in [3.8, 4) is 0 Å². The molecule has 1 atom stereocenters. The van der Waals surface area contributed by atoms with Crippen LogP contribution in [0, 0.1) is 11.8 Å². The lowest BCUT2D eigenvalue weighted by Gasteiger charge is -2.20. The number of rotatable bonds is 1. The molecule has 0 aromatic heterocycles. The first-order valence-electron chi connectivity index (χ1n) is 3.84. The summed E-state index contributed by atoms with van der Waals surface area (Å²) < 4.78 is 13.1. The second-order valence-corrected chi connectivity index (χ2v) is 3.64. The molecule has 0 bridgehead atoms. The lowest BCUT2D eigenvalue weighted by Crippen LogP contribution is -2.10. The SMILES string of the molecule is CC(C)C1CC=C(Cl)C=C1F. The fourth-order valence-corrected chi connectivity index (χ4v) is 1.43. The van der Waals surface area contributed by atoms with Gasteiger partial charge >= 0.3 is 0 Å². The van der Waals surface area contributed by atoms with E-state index in [1.54, 1.807) is 0 Å². The third kappa shape index (κ3) is 2.06. The second kappa shape index (κ2) is 3.40. The summed E-state index contributed by atoms with van der Waals surface area (Å²) in [5.41, 5.74) is 0. The Labute approximate surface area is 71.7 Å². The molecule has 0 radical (unpaired) electrons. The largest absolute Gasteiger partial charge is 0.211 e. The van der Waals surface area contributed by atoms with E-state index in [2.05, 4.69) is 0 Å². The highest BCUT2D eigenvalue weighted by Gasteiger charge is 2.20. The Kier molecular flexibility index (Phi) is 2.72. The van der Waals surface area contributed by atoms with Crippen molar-refractivity contribution in [1.82, 2.24) is 0 Å². The first-order chi connectivity index (χ1) is 5.11. The third-order valence-electron chi connectivity index (χ3n) is 2.00. The summed E-state index contributed by atoms with van der Waals surface area (Å²) in [4.78, 5) is 0. The van der Waals surface area contributed by atoms with Gasteiger partial charge in [-0.3, -0.25) is 0 Å². The van der Waals surface area contributed by atoms with Crippen LogP contribution in [-0.4, -0.2) is 0 Å². The van der Waals surface area contributed by atoms with Crippen LogP contribution in [0.2, 0.25) is 0 Å². The van der Waals surface area contributed by atoms with Crippen molar-refractivity contribution in [2.24, 2.45) is 11.8 Å². The van der Waals surface area contributed by atoms with Gasteiger partial charge in [-0.25, -0.2) is 4.39 Å². The monoisotopic (exact) mass is 174 g/mol. The van der Waals surface area contributed by atoms with E-state index in [9.17, 15) is 4.39 Å². The van der Waals surface area contributed by atoms with Crippen LogP contribution in [0.5, 0.6) is 0 Å². The van der Waals surface area contributed by atoms with Gasteiger partial charge in [0.2, 0.25) is 0 Å². The summed E-state index contributed by atoms with van der Waals surface area (Å²) in [5, 5.41) is 0.527. The number of hydrogen-bond donors (Lipinski definition) is 0. The molecule has 2 heteroatoms. The van der Waals surface area contributed by atoms with E-state index in [0.717, 1.165) is 6.42 Å². The molecule has 0 saturated heterocycles. The molecule has 11 heavy (non-hydrogen) atoms. The average Bonchev–Trinajstić information content (AvgIpc) is 1.85. The molecule has 0 N–H and O–H groups in total. The minimum absolute atomic E-state index is 0.0394. The van der Waals surface area contributed by atoms with Gasteiger partial charge in [-0.1, -0.05) is 31.5 Å². The maximum Gasteiger partial charge on any atom is 0.105 e. The topological polar surface area (TPSA) is 0 Å². The standard InChI is InChI=1S/C9H12ClF/c1-6(2)8-4-3-7(10)5-9(8)11/h3,5-6,8H,4H2,1-2H3. The summed E-state index contributed by atoms with van der Waals surface area (Å²) in [7, 11) is 0. The maximum atomic E-state index is 13.1. The van der Waals surface area contributed by atoms with Crippen molar-refractivity contribution < 1.29 is 4.39 Å². The van der Waals surface area contributed by atoms with Crippen LogP contribution < -0.4 is 0 Å². The molecule has 0 spiro atoms. The molecule has 1 unspecified atom stereocenters. The lowest BCUT2D eigenvalue weighted by atomic mass is 9.89. The maximum absolute atomic E-state index is 13.1. The highest BCUT2D eigenvalue weighted by molar-refractivity contribution is 6.31. The summed E-state index contributed by atoms with van der Waals surface area (Å²) in [6.45, 7) is 4.04. The molecule has 0 nitrogen and oxygen atoms in total. The minimum Gasteiger partial charge on any atom is -0.211 e. The van der Waals surface area contributed by atoms with E-state index < -0.39 is 0 Å². The Hall–Kier alpha value is -0.300. The number of hydrogen-bond acceptors (Lipinski definition) is 0. The molecule has 0 aromatic rings. The molecular weight excluding hydrogens is 163 g/mol. The lowest BCUT2D eigenvalue weighted by molar-refractivity contribution is 0.366. The molecule has 0 fully saturated rings. The molecule has 62 valence electrons. The van der Waals surface area contributed by atoms with Crippen LogP contribution in [0.4, 0.5) is 4.39 Å². The van der Waals surface area contributed by atoms with Gasteiger partial charge in [0.15, 0.2) is 0 Å². The van der Waals surface area contributed by atoms with Gasteiger partial charge in [0.05, 0.1) is 0 Å². The predicted molar refractivity (Wildman–Crippen MR) is 46.1 cm³/mol. The van der Waals surface area contributed by atoms with Crippen LogP contribution in [0.1, 0.15) is 20.3 Å². The molecular formula is C9H12ClF. The normalized spacial score (nSPS) is 25.0. The van der Waals surface area contributed by atoms with Crippen molar-refractivity contribution in [2.45, 2.75) is 20.3 Å². The smallest absolute Gasteiger partial charge is 0.105 e. The second-order valence-electron chi connectivity index (χ2n) is 3.20. The van der Waals surface area contributed by atoms with Crippen LogP contribution in [0.15, 0.2) is 23.0 Å². The molecule has 1 aliphatic rings. The van der Waals surface area contributed by atoms with Gasteiger partial charge in [-0.05, 0) is 18.4 Å². The Morgan fingerprint density at radius 2 is 2.27 bits per heavy atom. The number of halogens is 2. The first kappa shape index (κ1) is 8.79. The Bertz CT molecular complexity index is 204. The summed E-state index contributed by atoms with van der Waals surface area (Å²) in [6, 6.07) is 0. The molecule has 0 aromatic carbocycles. The van der Waals surface area contributed by atoms with Crippen molar-refractivity contribution in [3.63, 3.8) is 0 Å². The molecule has 0 amide bonds. The first-order valence-corrected chi connectivity index (χ1v) is 4.22. The third-order valence-corrected chi connectivity index (χ3v) is 2.26. The zero-order valence-corrected chi connectivity index (χ0v) is 7.53. The van der Waals surface area contributed by atoms with E-state index in [-0.39, 0.29) is 11.7 Å². The summed E-state index contributed by atoms with van der Waals surface area (Å²) in [5.74, 6) is 0.317. The van der Waals surface area contributed by atoms with Gasteiger partial charge < -0.3 is 0 Å². The van der Waals surface area contributed by atoms with Crippen LogP contribution in [0.3, 0.4) is 0 Å². The van der Waals surface area contributed by atoms with Crippen molar-refractivity contribution in [1.29, 1.82) is 0 Å². The zero-order chi connectivity index (χ0) is 8.43. The van der Waals surface area contributed by atoms with Gasteiger partial charge in [-0.2, -0.15) is 0 Å². The van der Waals surface area contributed by atoms with Crippen molar-refractivity contribution in [3.05, 3.63) is 23.0 Å². The van der Waals surface area contributed by atoms with Crippen molar-refractivity contribution in [2.75, 3.05) is 0 Å². The van der Waals surface area contributed by atoms with E-state index in [1.807, 2.05) is 19.9 Å². The van der Waals surface area contributed by atoms with Gasteiger partial charge in [-0.15, -0.1) is 0 Å². The fourth-order valence-electron chi connectivity index (χ4n) is 1.24. The Balaban J connectivity index is 2.72. The zero-order valence-electron chi connectivity index (χ0n) is 6.77. The van der Waals surface area contributed by atoms with Crippen LogP contribution in [-0.2, 0) is 0 Å². The fraction of sp³-hybridized carbons (Fsp3) is 0.556. The Morgan fingerprint density at radius 1 is 1.64 bits per heavy atom. The molecule has 0 saturated carbocycles. The van der Waals surface area contributed by atoms with E-state index in [4.69, 9.17) is 11.6 Å². The van der Waals surface area contributed by atoms with Crippen molar-refractivity contribution >= 4 is 11.6 Å². The molecule has 0 heterocycles. The molecule has 0 aliphatic heterocycles. The van der Waals surface area contributed by atoms with E-state index in [0.29, 0.717) is 11.0 Å². The summed E-state index contributed by atoms with van der Waals surface area (Å²) >= 11 is 5.63. The highest BCUT2D eigenvalue weighted by atomic mass is 35.5. The molecule has 1 rings (SSSR count). The van der Waals surface area contributed by atoms with Gasteiger partial charge in [0.1, 0.15) is 5.83 Å². The molecule has 1 aliphatic carbocycles.